The topological polar surface area (TPSA) is 64.2 Å². The molecule has 33 heavy (non-hydrogen) atoms. The van der Waals surface area contributed by atoms with Gasteiger partial charge in [-0.15, -0.1) is 0 Å². The van der Waals surface area contributed by atoms with Crippen molar-refractivity contribution in [3.8, 4) is 0 Å². The lowest BCUT2D eigenvalue weighted by atomic mass is 9.82. The number of benzene rings is 2. The van der Waals surface area contributed by atoms with Gasteiger partial charge in [-0.25, -0.2) is 4.39 Å². The first-order valence-corrected chi connectivity index (χ1v) is 11.7. The van der Waals surface area contributed by atoms with E-state index in [1.54, 1.807) is 13.0 Å². The monoisotopic (exact) mass is 448 g/mol. The summed E-state index contributed by atoms with van der Waals surface area (Å²) in [7, 11) is 0. The highest BCUT2D eigenvalue weighted by Gasteiger charge is 2.46. The highest BCUT2D eigenvalue weighted by molar-refractivity contribution is 5.86. The minimum atomic E-state index is -0.969. The van der Waals surface area contributed by atoms with Crippen molar-refractivity contribution in [3.63, 3.8) is 0 Å². The third-order valence-electron chi connectivity index (χ3n) is 7.21. The van der Waals surface area contributed by atoms with Crippen LogP contribution in [-0.4, -0.2) is 27.1 Å². The minimum Gasteiger partial charge on any atom is -0.368 e. The Morgan fingerprint density at radius 3 is 2.58 bits per heavy atom. The van der Waals surface area contributed by atoms with Crippen LogP contribution in [0.2, 0.25) is 0 Å². The number of carbonyl (C=O) groups is 1. The molecule has 1 aliphatic rings. The lowest BCUT2D eigenvalue weighted by Gasteiger charge is -2.47. The number of amides is 1. The van der Waals surface area contributed by atoms with E-state index in [2.05, 4.69) is 16.5 Å². The molecule has 174 valence electrons. The Morgan fingerprint density at radius 1 is 1.21 bits per heavy atom. The molecule has 0 radical (unpaired) electrons. The van der Waals surface area contributed by atoms with E-state index < -0.39 is 5.54 Å². The Hall–Kier alpha value is -2.99. The maximum atomic E-state index is 14.2. The number of rotatable bonds is 7. The summed E-state index contributed by atoms with van der Waals surface area (Å²) in [6.45, 7) is 9.33. The van der Waals surface area contributed by atoms with Crippen LogP contribution < -0.4 is 5.73 Å². The minimum absolute atomic E-state index is 0.0591. The van der Waals surface area contributed by atoms with E-state index >= 15 is 0 Å². The first-order valence-electron chi connectivity index (χ1n) is 11.7. The molecule has 2 N–H and O–H groups in total. The molecule has 0 bridgehead atoms. The van der Waals surface area contributed by atoms with E-state index in [1.807, 2.05) is 56.3 Å². The molecule has 5 nitrogen and oxygen atoms in total. The SMILES string of the molecule is CCn1nc(C)c2c1CCN(C(C)(C(N)=O)c1ccccc1)C2CCc1ccc(C)c(F)c1. The molecule has 0 spiro atoms. The summed E-state index contributed by atoms with van der Waals surface area (Å²) in [5.74, 6) is -0.556. The average molecular weight is 449 g/mol. The Kier molecular flexibility index (Phi) is 6.39. The van der Waals surface area contributed by atoms with Crippen molar-refractivity contribution in [3.05, 3.63) is 88.0 Å². The number of halogens is 1. The van der Waals surface area contributed by atoms with Crippen molar-refractivity contribution in [2.75, 3.05) is 6.54 Å². The number of aryl methyl sites for hydroxylation is 4. The van der Waals surface area contributed by atoms with Gasteiger partial charge in [0.15, 0.2) is 0 Å². The molecule has 0 aliphatic carbocycles. The van der Waals surface area contributed by atoms with E-state index in [0.29, 0.717) is 18.5 Å². The number of nitrogens with two attached hydrogens (primary N) is 1. The maximum absolute atomic E-state index is 14.2. The predicted molar refractivity (Wildman–Crippen MR) is 128 cm³/mol. The molecular weight excluding hydrogens is 415 g/mol. The van der Waals surface area contributed by atoms with E-state index in [-0.39, 0.29) is 17.8 Å². The molecule has 0 saturated heterocycles. The van der Waals surface area contributed by atoms with Crippen LogP contribution in [0.3, 0.4) is 0 Å². The zero-order valence-electron chi connectivity index (χ0n) is 19.9. The molecular formula is C27H33FN4O. The molecule has 3 aromatic rings. The number of hydrogen-bond donors (Lipinski definition) is 1. The number of carbonyl (C=O) groups excluding carboxylic acids is 1. The van der Waals surface area contributed by atoms with Gasteiger partial charge in [0, 0.05) is 36.8 Å². The van der Waals surface area contributed by atoms with E-state index in [1.165, 1.54) is 11.3 Å². The van der Waals surface area contributed by atoms with Crippen molar-refractivity contribution >= 4 is 5.91 Å². The summed E-state index contributed by atoms with van der Waals surface area (Å²) >= 11 is 0. The Balaban J connectivity index is 1.78. The van der Waals surface area contributed by atoms with Crippen LogP contribution in [0.4, 0.5) is 4.39 Å². The predicted octanol–water partition coefficient (Wildman–Crippen LogP) is 4.59. The van der Waals surface area contributed by atoms with Crippen molar-refractivity contribution in [2.24, 2.45) is 5.73 Å². The molecule has 2 heterocycles. The third-order valence-corrected chi connectivity index (χ3v) is 7.21. The van der Waals surface area contributed by atoms with Crippen molar-refractivity contribution < 1.29 is 9.18 Å². The summed E-state index contributed by atoms with van der Waals surface area (Å²) < 4.78 is 16.3. The van der Waals surface area contributed by atoms with Crippen LogP contribution in [-0.2, 0) is 29.7 Å². The standard InChI is InChI=1S/C27H33FN4O/c1-5-32-24-15-16-31(27(4,26(29)33)21-9-7-6-8-10-21)23(25(24)19(3)30-32)14-13-20-12-11-18(2)22(28)17-20/h6-12,17,23H,5,13-16H2,1-4H3,(H2,29,33). The van der Waals surface area contributed by atoms with Crippen LogP contribution >= 0.6 is 0 Å². The average Bonchev–Trinajstić information content (AvgIpc) is 3.15. The first-order chi connectivity index (χ1) is 15.8. The van der Waals surface area contributed by atoms with Gasteiger partial charge in [0.05, 0.1) is 5.69 Å². The second-order valence-electron chi connectivity index (χ2n) is 9.15. The van der Waals surface area contributed by atoms with Gasteiger partial charge in [0.2, 0.25) is 5.91 Å². The number of nitrogens with zero attached hydrogens (tertiary/aromatic N) is 3. The highest BCUT2D eigenvalue weighted by Crippen LogP contribution is 2.43. The van der Waals surface area contributed by atoms with Gasteiger partial charge in [0.25, 0.3) is 0 Å². The van der Waals surface area contributed by atoms with Gasteiger partial charge in [-0.2, -0.15) is 5.10 Å². The molecule has 4 rings (SSSR count). The summed E-state index contributed by atoms with van der Waals surface area (Å²) in [6, 6.07) is 15.1. The lowest BCUT2D eigenvalue weighted by molar-refractivity contribution is -0.132. The van der Waals surface area contributed by atoms with Gasteiger partial charge in [-0.3, -0.25) is 14.4 Å². The molecule has 6 heteroatoms. The van der Waals surface area contributed by atoms with Crippen LogP contribution in [0, 0.1) is 19.7 Å². The summed E-state index contributed by atoms with van der Waals surface area (Å²) in [5, 5.41) is 4.79. The smallest absolute Gasteiger partial charge is 0.242 e. The van der Waals surface area contributed by atoms with Crippen LogP contribution in [0.5, 0.6) is 0 Å². The number of aromatic nitrogens is 2. The van der Waals surface area contributed by atoms with Gasteiger partial charge in [0.1, 0.15) is 11.4 Å². The molecule has 2 unspecified atom stereocenters. The molecule has 1 aliphatic heterocycles. The maximum Gasteiger partial charge on any atom is 0.242 e. The molecule has 0 fully saturated rings. The van der Waals surface area contributed by atoms with E-state index in [4.69, 9.17) is 10.8 Å². The quantitative estimate of drug-likeness (QED) is 0.575. The number of fused-ring (bicyclic) bond motifs is 1. The zero-order chi connectivity index (χ0) is 23.8. The summed E-state index contributed by atoms with van der Waals surface area (Å²) in [5.41, 5.74) is 11.0. The molecule has 1 amide bonds. The first kappa shape index (κ1) is 23.2. The summed E-state index contributed by atoms with van der Waals surface area (Å²) in [6.07, 6.45) is 2.23. The Bertz CT molecular complexity index is 1160. The van der Waals surface area contributed by atoms with E-state index in [0.717, 1.165) is 36.2 Å². The van der Waals surface area contributed by atoms with Crippen LogP contribution in [0.15, 0.2) is 48.5 Å². The largest absolute Gasteiger partial charge is 0.368 e. The lowest BCUT2D eigenvalue weighted by Crippen LogP contribution is -2.56. The molecule has 2 aromatic carbocycles. The second kappa shape index (κ2) is 9.10. The van der Waals surface area contributed by atoms with Crippen molar-refractivity contribution in [1.82, 2.24) is 14.7 Å². The fraction of sp³-hybridized carbons (Fsp3) is 0.407. The van der Waals surface area contributed by atoms with Crippen molar-refractivity contribution in [1.29, 1.82) is 0 Å². The molecule has 1 aromatic heterocycles. The number of hydrogen-bond acceptors (Lipinski definition) is 3. The fourth-order valence-corrected chi connectivity index (χ4v) is 5.28. The molecule has 0 saturated carbocycles. The highest BCUT2D eigenvalue weighted by atomic mass is 19.1. The molecule has 2 atom stereocenters. The van der Waals surface area contributed by atoms with Gasteiger partial charge >= 0.3 is 0 Å². The second-order valence-corrected chi connectivity index (χ2v) is 9.15. The zero-order valence-corrected chi connectivity index (χ0v) is 19.9. The van der Waals surface area contributed by atoms with Gasteiger partial charge < -0.3 is 5.73 Å². The van der Waals surface area contributed by atoms with Crippen LogP contribution in [0.25, 0.3) is 0 Å². The fourth-order valence-electron chi connectivity index (χ4n) is 5.28. The van der Waals surface area contributed by atoms with Crippen molar-refractivity contribution in [2.45, 2.75) is 65.1 Å². The Morgan fingerprint density at radius 2 is 1.94 bits per heavy atom. The Labute approximate surface area is 195 Å². The van der Waals surface area contributed by atoms with Gasteiger partial charge in [-0.1, -0.05) is 42.5 Å². The van der Waals surface area contributed by atoms with Gasteiger partial charge in [-0.05, 0) is 63.3 Å². The summed E-state index contributed by atoms with van der Waals surface area (Å²) in [4.78, 5) is 15.2. The third kappa shape index (κ3) is 4.08. The normalized spacial score (nSPS) is 18.0. The number of primary amides is 1. The van der Waals surface area contributed by atoms with E-state index in [9.17, 15) is 9.18 Å². The van der Waals surface area contributed by atoms with Crippen LogP contribution in [0.1, 0.15) is 60.0 Å².